The standard InChI is InChI=1S/C13H16N2O4/c1-9(2)14-13(16)8-17-7-10-6-12(19-15-10)11-4-3-5-18-11/h3-6,9H,7-8H2,1-2H3,(H,14,16). The summed E-state index contributed by atoms with van der Waals surface area (Å²) in [5.41, 5.74) is 0.615. The van der Waals surface area contributed by atoms with Crippen LogP contribution in [0.15, 0.2) is 33.4 Å². The maximum Gasteiger partial charge on any atom is 0.246 e. The first-order valence-corrected chi connectivity index (χ1v) is 6.01. The molecule has 1 N–H and O–H groups in total. The summed E-state index contributed by atoms with van der Waals surface area (Å²) < 4.78 is 15.5. The van der Waals surface area contributed by atoms with E-state index in [-0.39, 0.29) is 25.2 Å². The third-order valence-corrected chi connectivity index (χ3v) is 2.26. The zero-order chi connectivity index (χ0) is 13.7. The van der Waals surface area contributed by atoms with Crippen LogP contribution in [0.5, 0.6) is 0 Å². The maximum absolute atomic E-state index is 11.3. The number of nitrogens with zero attached hydrogens (tertiary/aromatic N) is 1. The van der Waals surface area contributed by atoms with E-state index in [1.54, 1.807) is 24.5 Å². The molecule has 2 heterocycles. The lowest BCUT2D eigenvalue weighted by Gasteiger charge is -2.07. The molecule has 0 spiro atoms. The summed E-state index contributed by atoms with van der Waals surface area (Å²) in [6.07, 6.45) is 1.56. The number of aromatic nitrogens is 1. The van der Waals surface area contributed by atoms with E-state index in [1.807, 2.05) is 13.8 Å². The Morgan fingerprint density at radius 3 is 3.00 bits per heavy atom. The van der Waals surface area contributed by atoms with Crippen LogP contribution in [0, 0.1) is 0 Å². The van der Waals surface area contributed by atoms with Crippen molar-refractivity contribution in [1.29, 1.82) is 0 Å². The zero-order valence-electron chi connectivity index (χ0n) is 10.9. The smallest absolute Gasteiger partial charge is 0.246 e. The lowest BCUT2D eigenvalue weighted by molar-refractivity contribution is -0.126. The molecule has 0 aliphatic carbocycles. The van der Waals surface area contributed by atoms with Crippen molar-refractivity contribution in [3.05, 3.63) is 30.2 Å². The highest BCUT2D eigenvalue weighted by atomic mass is 16.5. The van der Waals surface area contributed by atoms with Crippen molar-refractivity contribution in [2.24, 2.45) is 0 Å². The largest absolute Gasteiger partial charge is 0.461 e. The highest BCUT2D eigenvalue weighted by Gasteiger charge is 2.10. The van der Waals surface area contributed by atoms with E-state index >= 15 is 0 Å². The molecule has 19 heavy (non-hydrogen) atoms. The molecule has 0 radical (unpaired) electrons. The van der Waals surface area contributed by atoms with Gasteiger partial charge in [0.25, 0.3) is 0 Å². The van der Waals surface area contributed by atoms with Gasteiger partial charge in [-0.25, -0.2) is 0 Å². The molecule has 6 nitrogen and oxygen atoms in total. The number of nitrogens with one attached hydrogen (secondary N) is 1. The van der Waals surface area contributed by atoms with Gasteiger partial charge in [0.05, 0.1) is 12.9 Å². The van der Waals surface area contributed by atoms with E-state index < -0.39 is 0 Å². The van der Waals surface area contributed by atoms with Crippen molar-refractivity contribution in [2.45, 2.75) is 26.5 Å². The molecule has 2 rings (SSSR count). The number of carbonyl (C=O) groups excluding carboxylic acids is 1. The van der Waals surface area contributed by atoms with Crippen molar-refractivity contribution in [1.82, 2.24) is 10.5 Å². The molecule has 1 amide bonds. The van der Waals surface area contributed by atoms with Gasteiger partial charge >= 0.3 is 0 Å². The summed E-state index contributed by atoms with van der Waals surface area (Å²) in [6.45, 7) is 4.01. The molecule has 0 unspecified atom stereocenters. The summed E-state index contributed by atoms with van der Waals surface area (Å²) in [5.74, 6) is 0.997. The van der Waals surface area contributed by atoms with Crippen LogP contribution in [0.25, 0.3) is 11.5 Å². The number of amides is 1. The van der Waals surface area contributed by atoms with Gasteiger partial charge in [0.15, 0.2) is 5.76 Å². The first-order valence-electron chi connectivity index (χ1n) is 6.01. The highest BCUT2D eigenvalue weighted by molar-refractivity contribution is 5.77. The minimum Gasteiger partial charge on any atom is -0.461 e. The lowest BCUT2D eigenvalue weighted by Crippen LogP contribution is -2.33. The van der Waals surface area contributed by atoms with E-state index in [9.17, 15) is 4.79 Å². The molecule has 0 bridgehead atoms. The Labute approximate surface area is 110 Å². The van der Waals surface area contributed by atoms with Crippen LogP contribution in [-0.4, -0.2) is 23.7 Å². The van der Waals surface area contributed by atoms with Crippen molar-refractivity contribution in [2.75, 3.05) is 6.61 Å². The minimum absolute atomic E-state index is 0.00112. The Morgan fingerprint density at radius 2 is 2.32 bits per heavy atom. The summed E-state index contributed by atoms with van der Waals surface area (Å²) in [4.78, 5) is 11.3. The fraction of sp³-hybridized carbons (Fsp3) is 0.385. The number of furan rings is 1. The van der Waals surface area contributed by atoms with Crippen LogP contribution in [-0.2, 0) is 16.1 Å². The monoisotopic (exact) mass is 264 g/mol. The molecule has 0 saturated carbocycles. The fourth-order valence-electron chi connectivity index (χ4n) is 1.53. The SMILES string of the molecule is CC(C)NC(=O)COCc1cc(-c2ccco2)on1. The molecule has 0 saturated heterocycles. The van der Waals surface area contributed by atoms with Gasteiger partial charge < -0.3 is 19.0 Å². The summed E-state index contributed by atoms with van der Waals surface area (Å²) in [5, 5.41) is 6.57. The molecule has 0 aromatic carbocycles. The quantitative estimate of drug-likeness (QED) is 0.863. The van der Waals surface area contributed by atoms with Gasteiger partial charge in [-0.2, -0.15) is 0 Å². The van der Waals surface area contributed by atoms with E-state index in [4.69, 9.17) is 13.7 Å². The Morgan fingerprint density at radius 1 is 1.47 bits per heavy atom. The fourth-order valence-corrected chi connectivity index (χ4v) is 1.53. The third kappa shape index (κ3) is 3.96. The minimum atomic E-state index is -0.148. The van der Waals surface area contributed by atoms with E-state index in [1.165, 1.54) is 0 Å². The second kappa shape index (κ2) is 6.19. The van der Waals surface area contributed by atoms with Crippen LogP contribution in [0.1, 0.15) is 19.5 Å². The second-order valence-electron chi connectivity index (χ2n) is 4.37. The van der Waals surface area contributed by atoms with Gasteiger partial charge in [0.2, 0.25) is 11.7 Å². The van der Waals surface area contributed by atoms with Crippen LogP contribution >= 0.6 is 0 Å². The van der Waals surface area contributed by atoms with Gasteiger partial charge in [0, 0.05) is 12.1 Å². The van der Waals surface area contributed by atoms with Gasteiger partial charge in [-0.05, 0) is 26.0 Å². The van der Waals surface area contributed by atoms with Gasteiger partial charge in [-0.1, -0.05) is 5.16 Å². The highest BCUT2D eigenvalue weighted by Crippen LogP contribution is 2.20. The normalized spacial score (nSPS) is 10.9. The van der Waals surface area contributed by atoms with Gasteiger partial charge in [-0.3, -0.25) is 4.79 Å². The number of hydrogen-bond acceptors (Lipinski definition) is 5. The number of carbonyl (C=O) groups is 1. The summed E-state index contributed by atoms with van der Waals surface area (Å²) in [7, 11) is 0. The number of ether oxygens (including phenoxy) is 1. The van der Waals surface area contributed by atoms with E-state index in [2.05, 4.69) is 10.5 Å². The van der Waals surface area contributed by atoms with Crippen molar-refractivity contribution in [3.63, 3.8) is 0 Å². The molecule has 102 valence electrons. The van der Waals surface area contributed by atoms with Crippen molar-refractivity contribution >= 4 is 5.91 Å². The van der Waals surface area contributed by atoms with Crippen LogP contribution in [0.2, 0.25) is 0 Å². The second-order valence-corrected chi connectivity index (χ2v) is 4.37. The molecule has 0 atom stereocenters. The number of rotatable bonds is 6. The summed E-state index contributed by atoms with van der Waals surface area (Å²) in [6, 6.07) is 5.37. The number of hydrogen-bond donors (Lipinski definition) is 1. The van der Waals surface area contributed by atoms with E-state index in [0.29, 0.717) is 17.2 Å². The van der Waals surface area contributed by atoms with Crippen molar-refractivity contribution in [3.8, 4) is 11.5 Å². The van der Waals surface area contributed by atoms with Crippen molar-refractivity contribution < 1.29 is 18.5 Å². The molecule has 6 heteroatoms. The average molecular weight is 264 g/mol. The first-order chi connectivity index (χ1) is 9.15. The Bertz CT molecular complexity index is 516. The summed E-state index contributed by atoms with van der Waals surface area (Å²) >= 11 is 0. The molecule has 2 aromatic rings. The van der Waals surface area contributed by atoms with Gasteiger partial charge in [-0.15, -0.1) is 0 Å². The topological polar surface area (TPSA) is 77.5 Å². The van der Waals surface area contributed by atoms with Crippen LogP contribution < -0.4 is 5.32 Å². The Balaban J connectivity index is 1.79. The lowest BCUT2D eigenvalue weighted by atomic mass is 10.3. The average Bonchev–Trinajstić information content (AvgIpc) is 2.97. The molecule has 0 fully saturated rings. The van der Waals surface area contributed by atoms with Crippen LogP contribution in [0.4, 0.5) is 0 Å². The Hall–Kier alpha value is -2.08. The van der Waals surface area contributed by atoms with E-state index in [0.717, 1.165) is 0 Å². The Kier molecular flexibility index (Phi) is 4.35. The van der Waals surface area contributed by atoms with Gasteiger partial charge in [0.1, 0.15) is 12.3 Å². The maximum atomic E-state index is 11.3. The first kappa shape index (κ1) is 13.4. The predicted molar refractivity (Wildman–Crippen MR) is 67.1 cm³/mol. The molecular formula is C13H16N2O4. The molecule has 0 aliphatic heterocycles. The predicted octanol–water partition coefficient (Wildman–Crippen LogP) is 1.98. The zero-order valence-corrected chi connectivity index (χ0v) is 10.9. The molecular weight excluding hydrogens is 248 g/mol. The third-order valence-electron chi connectivity index (χ3n) is 2.26. The molecule has 0 aliphatic rings. The van der Waals surface area contributed by atoms with Crippen LogP contribution in [0.3, 0.4) is 0 Å². The molecule has 2 aromatic heterocycles.